The number of para-hydroxylation sites is 2. The van der Waals surface area contributed by atoms with Crippen LogP contribution in [0.25, 0.3) is 6.08 Å². The van der Waals surface area contributed by atoms with E-state index in [0.717, 1.165) is 11.8 Å². The summed E-state index contributed by atoms with van der Waals surface area (Å²) in [4.78, 5) is 14.3. The van der Waals surface area contributed by atoms with Crippen molar-refractivity contribution in [1.29, 1.82) is 0 Å². The van der Waals surface area contributed by atoms with Crippen molar-refractivity contribution in [1.82, 2.24) is 0 Å². The molecule has 110 valence electrons. The van der Waals surface area contributed by atoms with Gasteiger partial charge in [-0.15, -0.1) is 0 Å². The summed E-state index contributed by atoms with van der Waals surface area (Å²) in [5, 5.41) is 19.4. The van der Waals surface area contributed by atoms with Gasteiger partial charge in [-0.3, -0.25) is 9.69 Å². The van der Waals surface area contributed by atoms with E-state index in [0.29, 0.717) is 20.5 Å². The summed E-state index contributed by atoms with van der Waals surface area (Å²) in [6.07, 6.45) is 1.67. The van der Waals surface area contributed by atoms with Crippen LogP contribution in [0, 0.1) is 0 Å². The van der Waals surface area contributed by atoms with Crippen LogP contribution in [0.5, 0.6) is 11.5 Å². The monoisotopic (exact) mass is 329 g/mol. The van der Waals surface area contributed by atoms with Crippen LogP contribution < -0.4 is 4.90 Å². The molecule has 0 aliphatic carbocycles. The average Bonchev–Trinajstić information content (AvgIpc) is 2.74. The first-order valence-corrected chi connectivity index (χ1v) is 7.64. The summed E-state index contributed by atoms with van der Waals surface area (Å²) in [5.41, 5.74) is 1.07. The van der Waals surface area contributed by atoms with Crippen molar-refractivity contribution in [2.75, 3.05) is 4.90 Å². The van der Waals surface area contributed by atoms with Gasteiger partial charge in [0.25, 0.3) is 5.91 Å². The molecule has 1 saturated heterocycles. The molecule has 0 aromatic heterocycles. The second kappa shape index (κ2) is 5.82. The lowest BCUT2D eigenvalue weighted by molar-refractivity contribution is -0.113. The minimum absolute atomic E-state index is 0.00240. The van der Waals surface area contributed by atoms with Crippen molar-refractivity contribution >= 4 is 46.0 Å². The van der Waals surface area contributed by atoms with E-state index in [4.69, 9.17) is 12.2 Å². The highest BCUT2D eigenvalue weighted by molar-refractivity contribution is 8.27. The number of aromatic hydroxyl groups is 2. The van der Waals surface area contributed by atoms with Crippen LogP contribution in [-0.4, -0.2) is 20.4 Å². The molecule has 0 atom stereocenters. The summed E-state index contributed by atoms with van der Waals surface area (Å²) in [6.45, 7) is 0. The van der Waals surface area contributed by atoms with E-state index < -0.39 is 0 Å². The molecule has 3 rings (SSSR count). The number of phenolic OH excluding ortho intramolecular Hbond substituents is 2. The third-order valence-corrected chi connectivity index (χ3v) is 4.39. The van der Waals surface area contributed by atoms with E-state index in [1.807, 2.05) is 0 Å². The molecule has 0 spiro atoms. The highest BCUT2D eigenvalue weighted by Gasteiger charge is 2.34. The van der Waals surface area contributed by atoms with Crippen LogP contribution in [0.15, 0.2) is 53.4 Å². The summed E-state index contributed by atoms with van der Waals surface area (Å²) >= 11 is 6.41. The highest BCUT2D eigenvalue weighted by atomic mass is 32.2. The Balaban J connectivity index is 1.97. The molecule has 1 heterocycles. The van der Waals surface area contributed by atoms with Gasteiger partial charge in [0.05, 0.1) is 10.6 Å². The van der Waals surface area contributed by atoms with Gasteiger partial charge in [-0.1, -0.05) is 48.2 Å². The van der Waals surface area contributed by atoms with Crippen LogP contribution in [0.1, 0.15) is 5.56 Å². The molecule has 0 unspecified atom stereocenters. The lowest BCUT2D eigenvalue weighted by atomic mass is 10.2. The molecule has 6 heteroatoms. The Labute approximate surface area is 136 Å². The molecule has 2 aromatic carbocycles. The number of anilines is 1. The van der Waals surface area contributed by atoms with E-state index in [-0.39, 0.29) is 17.4 Å². The summed E-state index contributed by atoms with van der Waals surface area (Å²) in [6, 6.07) is 13.2. The minimum Gasteiger partial charge on any atom is -0.508 e. The molecule has 2 aromatic rings. The summed E-state index contributed by atoms with van der Waals surface area (Å²) in [7, 11) is 0. The van der Waals surface area contributed by atoms with Gasteiger partial charge in [0.1, 0.15) is 11.5 Å². The SMILES string of the molecule is O=C1C(=Cc2cccc(O)c2)SC(=S)N1c1ccccc1O. The maximum Gasteiger partial charge on any atom is 0.270 e. The summed E-state index contributed by atoms with van der Waals surface area (Å²) < 4.78 is 0.359. The molecule has 1 amide bonds. The zero-order valence-electron chi connectivity index (χ0n) is 11.3. The van der Waals surface area contributed by atoms with Crippen LogP contribution in [0.4, 0.5) is 5.69 Å². The number of phenols is 2. The Morgan fingerprint density at radius 3 is 2.59 bits per heavy atom. The fourth-order valence-corrected chi connectivity index (χ4v) is 3.38. The van der Waals surface area contributed by atoms with Crippen LogP contribution in [0.3, 0.4) is 0 Å². The predicted octanol–water partition coefficient (Wildman–Crippen LogP) is 3.50. The average molecular weight is 329 g/mol. The fraction of sp³-hybridized carbons (Fsp3) is 0. The number of hydrogen-bond donors (Lipinski definition) is 2. The first-order chi connectivity index (χ1) is 10.6. The first kappa shape index (κ1) is 14.6. The molecule has 0 radical (unpaired) electrons. The molecule has 0 bridgehead atoms. The lowest BCUT2D eigenvalue weighted by Crippen LogP contribution is -2.27. The van der Waals surface area contributed by atoms with Gasteiger partial charge in [-0.25, -0.2) is 0 Å². The van der Waals surface area contributed by atoms with E-state index in [1.165, 1.54) is 11.0 Å². The molecule has 2 N–H and O–H groups in total. The Bertz CT molecular complexity index is 801. The second-order valence-corrected chi connectivity index (χ2v) is 6.28. The van der Waals surface area contributed by atoms with Crippen molar-refractivity contribution in [2.45, 2.75) is 0 Å². The second-order valence-electron chi connectivity index (χ2n) is 4.60. The Morgan fingerprint density at radius 1 is 1.09 bits per heavy atom. The molecule has 1 fully saturated rings. The first-order valence-electron chi connectivity index (χ1n) is 6.41. The number of rotatable bonds is 2. The third kappa shape index (κ3) is 2.70. The van der Waals surface area contributed by atoms with Gasteiger partial charge in [0.2, 0.25) is 0 Å². The Hall–Kier alpha value is -2.31. The zero-order valence-corrected chi connectivity index (χ0v) is 12.9. The van der Waals surface area contributed by atoms with E-state index in [1.54, 1.807) is 48.5 Å². The van der Waals surface area contributed by atoms with Gasteiger partial charge in [0.15, 0.2) is 4.32 Å². The summed E-state index contributed by atoms with van der Waals surface area (Å²) in [5.74, 6) is -0.165. The van der Waals surface area contributed by atoms with Crippen molar-refractivity contribution in [3.05, 3.63) is 59.0 Å². The van der Waals surface area contributed by atoms with Gasteiger partial charge in [-0.05, 0) is 35.9 Å². The quantitative estimate of drug-likeness (QED) is 0.652. The van der Waals surface area contributed by atoms with Crippen LogP contribution in [0.2, 0.25) is 0 Å². The maximum absolute atomic E-state index is 12.5. The molecular formula is C16H11NO3S2. The van der Waals surface area contributed by atoms with E-state index in [9.17, 15) is 15.0 Å². The number of carbonyl (C=O) groups is 1. The van der Waals surface area contributed by atoms with Gasteiger partial charge in [-0.2, -0.15) is 0 Å². The Kier molecular flexibility index (Phi) is 3.87. The smallest absolute Gasteiger partial charge is 0.270 e. The number of thiocarbonyl (C=S) groups is 1. The van der Waals surface area contributed by atoms with Gasteiger partial charge >= 0.3 is 0 Å². The molecule has 0 saturated carbocycles. The lowest BCUT2D eigenvalue weighted by Gasteiger charge is -2.15. The van der Waals surface area contributed by atoms with Crippen molar-refractivity contribution in [3.63, 3.8) is 0 Å². The number of amides is 1. The number of nitrogens with zero attached hydrogens (tertiary/aromatic N) is 1. The Morgan fingerprint density at radius 2 is 1.86 bits per heavy atom. The van der Waals surface area contributed by atoms with Crippen molar-refractivity contribution in [2.24, 2.45) is 0 Å². The molecule has 1 aliphatic heterocycles. The maximum atomic E-state index is 12.5. The standard InChI is InChI=1S/C16H11NO3S2/c18-11-5-3-4-10(8-11)9-14-15(20)17(16(21)22-14)12-6-1-2-7-13(12)19/h1-9,18-19H. The van der Waals surface area contributed by atoms with E-state index >= 15 is 0 Å². The van der Waals surface area contributed by atoms with Crippen molar-refractivity contribution < 1.29 is 15.0 Å². The zero-order chi connectivity index (χ0) is 15.7. The topological polar surface area (TPSA) is 60.8 Å². The number of thioether (sulfide) groups is 1. The van der Waals surface area contributed by atoms with Crippen LogP contribution in [-0.2, 0) is 4.79 Å². The number of benzene rings is 2. The molecule has 4 nitrogen and oxygen atoms in total. The largest absolute Gasteiger partial charge is 0.508 e. The minimum atomic E-state index is -0.292. The normalized spacial score (nSPS) is 16.5. The third-order valence-electron chi connectivity index (χ3n) is 3.08. The van der Waals surface area contributed by atoms with E-state index in [2.05, 4.69) is 0 Å². The molecule has 22 heavy (non-hydrogen) atoms. The van der Waals surface area contributed by atoms with Crippen LogP contribution >= 0.6 is 24.0 Å². The van der Waals surface area contributed by atoms with Gasteiger partial charge < -0.3 is 10.2 Å². The number of carbonyl (C=O) groups excluding carboxylic acids is 1. The predicted molar refractivity (Wildman–Crippen MR) is 91.9 cm³/mol. The molecular weight excluding hydrogens is 318 g/mol. The molecule has 1 aliphatic rings. The van der Waals surface area contributed by atoms with Gasteiger partial charge in [0, 0.05) is 0 Å². The van der Waals surface area contributed by atoms with Crippen molar-refractivity contribution in [3.8, 4) is 11.5 Å². The number of hydrogen-bond acceptors (Lipinski definition) is 5. The fourth-order valence-electron chi connectivity index (χ4n) is 2.09. The highest BCUT2D eigenvalue weighted by Crippen LogP contribution is 2.39.